The van der Waals surface area contributed by atoms with Gasteiger partial charge in [0.1, 0.15) is 6.04 Å². The van der Waals surface area contributed by atoms with E-state index in [-0.39, 0.29) is 37.5 Å². The molecule has 0 saturated carbocycles. The Labute approximate surface area is 235 Å². The van der Waals surface area contributed by atoms with Crippen molar-refractivity contribution in [1.82, 2.24) is 15.1 Å². The van der Waals surface area contributed by atoms with Gasteiger partial charge in [0.15, 0.2) is 0 Å². The number of hydrogen-bond donors (Lipinski definition) is 2. The standard InChI is InChI=1S/C28H25Cl3N4O3/c29-19-6-3-5-18(14-19)27(37)35-13-12-34(28(38)32-20-9-10-22(30)23(31)15-20)16-25(35)26(36)33-24-11-8-17-4-1-2-7-21(17)24/h1-7,9-10,14-15,24-25H,8,11-13,16H2,(H,32,38)(H,33,36). The van der Waals surface area contributed by atoms with E-state index in [9.17, 15) is 14.4 Å². The minimum atomic E-state index is -0.887. The summed E-state index contributed by atoms with van der Waals surface area (Å²) in [5.41, 5.74) is 3.15. The van der Waals surface area contributed by atoms with Crippen molar-refractivity contribution in [3.05, 3.63) is 98.5 Å². The van der Waals surface area contributed by atoms with Crippen molar-refractivity contribution >= 4 is 58.3 Å². The van der Waals surface area contributed by atoms with E-state index in [2.05, 4.69) is 16.7 Å². The number of halogens is 3. The number of nitrogens with zero attached hydrogens (tertiary/aromatic N) is 2. The van der Waals surface area contributed by atoms with Crippen LogP contribution in [-0.2, 0) is 11.2 Å². The molecule has 3 aromatic rings. The molecule has 0 bridgehead atoms. The van der Waals surface area contributed by atoms with Gasteiger partial charge in [-0.1, -0.05) is 65.1 Å². The van der Waals surface area contributed by atoms with Gasteiger partial charge in [0, 0.05) is 29.4 Å². The molecule has 1 saturated heterocycles. The average molecular weight is 572 g/mol. The normalized spacial score (nSPS) is 18.6. The molecule has 2 atom stereocenters. The fraction of sp³-hybridized carbons (Fsp3) is 0.250. The zero-order valence-electron chi connectivity index (χ0n) is 20.3. The smallest absolute Gasteiger partial charge is 0.321 e. The van der Waals surface area contributed by atoms with Crippen molar-refractivity contribution in [2.24, 2.45) is 0 Å². The number of hydrogen-bond acceptors (Lipinski definition) is 3. The van der Waals surface area contributed by atoms with Crippen molar-refractivity contribution in [1.29, 1.82) is 0 Å². The first-order chi connectivity index (χ1) is 18.3. The van der Waals surface area contributed by atoms with Crippen LogP contribution in [0.1, 0.15) is 33.9 Å². The Balaban J connectivity index is 1.36. The quantitative estimate of drug-likeness (QED) is 0.415. The zero-order valence-corrected chi connectivity index (χ0v) is 22.6. The average Bonchev–Trinajstić information content (AvgIpc) is 3.32. The topological polar surface area (TPSA) is 81.8 Å². The lowest BCUT2D eigenvalue weighted by atomic mass is 10.1. The van der Waals surface area contributed by atoms with Crippen LogP contribution in [0, 0.1) is 0 Å². The first kappa shape index (κ1) is 26.4. The van der Waals surface area contributed by atoms with Gasteiger partial charge < -0.3 is 20.4 Å². The third-order valence-electron chi connectivity index (χ3n) is 6.92. The second-order valence-corrected chi connectivity index (χ2v) is 10.6. The Morgan fingerprint density at radius 1 is 0.868 bits per heavy atom. The molecule has 1 aliphatic carbocycles. The molecular weight excluding hydrogens is 547 g/mol. The fourth-order valence-electron chi connectivity index (χ4n) is 4.97. The van der Waals surface area contributed by atoms with Crippen LogP contribution in [0.15, 0.2) is 66.7 Å². The summed E-state index contributed by atoms with van der Waals surface area (Å²) in [5.74, 6) is -0.627. The van der Waals surface area contributed by atoms with Gasteiger partial charge in [-0.15, -0.1) is 0 Å². The largest absolute Gasteiger partial charge is 0.347 e. The SMILES string of the molecule is O=C(NC1CCc2ccccc21)C1CN(C(=O)Nc2ccc(Cl)c(Cl)c2)CCN1C(=O)c1cccc(Cl)c1. The van der Waals surface area contributed by atoms with Gasteiger partial charge in [0.25, 0.3) is 5.91 Å². The van der Waals surface area contributed by atoms with Crippen molar-refractivity contribution in [2.45, 2.75) is 24.9 Å². The molecule has 5 rings (SSSR count). The molecule has 4 amide bonds. The molecule has 1 aliphatic heterocycles. The third kappa shape index (κ3) is 5.60. The lowest BCUT2D eigenvalue weighted by Crippen LogP contribution is -2.62. The molecule has 38 heavy (non-hydrogen) atoms. The molecule has 196 valence electrons. The number of anilines is 1. The number of urea groups is 1. The van der Waals surface area contributed by atoms with Crippen LogP contribution in [0.5, 0.6) is 0 Å². The number of carbonyl (C=O) groups is 3. The lowest BCUT2D eigenvalue weighted by molar-refractivity contribution is -0.127. The molecular formula is C28H25Cl3N4O3. The van der Waals surface area contributed by atoms with E-state index in [4.69, 9.17) is 34.8 Å². The molecule has 2 aliphatic rings. The number of rotatable bonds is 4. The molecule has 2 N–H and O–H groups in total. The Morgan fingerprint density at radius 2 is 1.68 bits per heavy atom. The van der Waals surface area contributed by atoms with Gasteiger partial charge in [0.05, 0.1) is 22.6 Å². The molecule has 2 unspecified atom stereocenters. The molecule has 1 fully saturated rings. The van der Waals surface area contributed by atoms with E-state index >= 15 is 0 Å². The monoisotopic (exact) mass is 570 g/mol. The van der Waals surface area contributed by atoms with Crippen LogP contribution >= 0.6 is 34.8 Å². The van der Waals surface area contributed by atoms with Crippen LogP contribution in [0.4, 0.5) is 10.5 Å². The van der Waals surface area contributed by atoms with Crippen molar-refractivity contribution in [3.63, 3.8) is 0 Å². The van der Waals surface area contributed by atoms with Crippen LogP contribution in [0.2, 0.25) is 15.1 Å². The third-order valence-corrected chi connectivity index (χ3v) is 7.90. The van der Waals surface area contributed by atoms with Crippen LogP contribution in [0.3, 0.4) is 0 Å². The fourth-order valence-corrected chi connectivity index (χ4v) is 5.46. The summed E-state index contributed by atoms with van der Waals surface area (Å²) >= 11 is 18.2. The van der Waals surface area contributed by atoms with E-state index < -0.39 is 12.1 Å². The summed E-state index contributed by atoms with van der Waals surface area (Å²) in [6.07, 6.45) is 1.65. The Morgan fingerprint density at radius 3 is 2.47 bits per heavy atom. The summed E-state index contributed by atoms with van der Waals surface area (Å²) in [6.45, 7) is 0.453. The van der Waals surface area contributed by atoms with Crippen molar-refractivity contribution in [3.8, 4) is 0 Å². The van der Waals surface area contributed by atoms with Gasteiger partial charge in [0.2, 0.25) is 5.91 Å². The number of carbonyl (C=O) groups excluding carboxylic acids is 3. The Bertz CT molecular complexity index is 1400. The maximum atomic E-state index is 13.7. The summed E-state index contributed by atoms with van der Waals surface area (Å²) in [6, 6.07) is 18.0. The number of nitrogens with one attached hydrogen (secondary N) is 2. The van der Waals surface area contributed by atoms with E-state index in [1.807, 2.05) is 18.2 Å². The molecule has 3 aromatic carbocycles. The van der Waals surface area contributed by atoms with Gasteiger partial charge in [-0.3, -0.25) is 9.59 Å². The predicted molar refractivity (Wildman–Crippen MR) is 149 cm³/mol. The Hall–Kier alpha value is -3.26. The second kappa shape index (κ2) is 11.2. The van der Waals surface area contributed by atoms with E-state index in [0.717, 1.165) is 18.4 Å². The number of piperazine rings is 1. The van der Waals surface area contributed by atoms with Gasteiger partial charge in [-0.2, -0.15) is 0 Å². The molecule has 0 aromatic heterocycles. The van der Waals surface area contributed by atoms with Gasteiger partial charge >= 0.3 is 6.03 Å². The number of aryl methyl sites for hydroxylation is 1. The summed E-state index contributed by atoms with van der Waals surface area (Å²) < 4.78 is 0. The van der Waals surface area contributed by atoms with Crippen LogP contribution in [-0.4, -0.2) is 53.3 Å². The van der Waals surface area contributed by atoms with E-state index in [1.165, 1.54) is 15.4 Å². The lowest BCUT2D eigenvalue weighted by Gasteiger charge is -2.41. The summed E-state index contributed by atoms with van der Waals surface area (Å²) in [7, 11) is 0. The van der Waals surface area contributed by atoms with E-state index in [1.54, 1.807) is 42.5 Å². The highest BCUT2D eigenvalue weighted by Gasteiger charge is 2.39. The number of fused-ring (bicyclic) bond motifs is 1. The van der Waals surface area contributed by atoms with Gasteiger partial charge in [-0.25, -0.2) is 4.79 Å². The van der Waals surface area contributed by atoms with Crippen LogP contribution in [0.25, 0.3) is 0 Å². The summed E-state index contributed by atoms with van der Waals surface area (Å²) in [5, 5.41) is 7.05. The van der Waals surface area contributed by atoms with Gasteiger partial charge in [-0.05, 0) is 60.4 Å². The predicted octanol–water partition coefficient (Wildman–Crippen LogP) is 5.81. The zero-order chi connectivity index (χ0) is 26.8. The number of benzene rings is 3. The van der Waals surface area contributed by atoms with Crippen LogP contribution < -0.4 is 10.6 Å². The molecule has 0 spiro atoms. The van der Waals surface area contributed by atoms with Crippen molar-refractivity contribution < 1.29 is 14.4 Å². The first-order valence-corrected chi connectivity index (χ1v) is 13.4. The molecule has 10 heteroatoms. The minimum Gasteiger partial charge on any atom is -0.347 e. The highest BCUT2D eigenvalue weighted by molar-refractivity contribution is 6.42. The molecule has 0 radical (unpaired) electrons. The summed E-state index contributed by atoms with van der Waals surface area (Å²) in [4.78, 5) is 43.3. The second-order valence-electron chi connectivity index (χ2n) is 9.33. The maximum Gasteiger partial charge on any atom is 0.321 e. The molecule has 1 heterocycles. The highest BCUT2D eigenvalue weighted by Crippen LogP contribution is 2.31. The maximum absolute atomic E-state index is 13.7. The minimum absolute atomic E-state index is 0.0274. The van der Waals surface area contributed by atoms with E-state index in [0.29, 0.717) is 26.3 Å². The molecule has 7 nitrogen and oxygen atoms in total. The number of amides is 4. The Kier molecular flexibility index (Phi) is 7.79. The highest BCUT2D eigenvalue weighted by atomic mass is 35.5. The van der Waals surface area contributed by atoms with Crippen molar-refractivity contribution in [2.75, 3.05) is 25.0 Å². The first-order valence-electron chi connectivity index (χ1n) is 12.3.